The van der Waals surface area contributed by atoms with Crippen molar-refractivity contribution in [1.82, 2.24) is 0 Å². The molecule has 0 rings (SSSR count). The van der Waals surface area contributed by atoms with Gasteiger partial charge in [0.15, 0.2) is 0 Å². The molecule has 0 spiro atoms. The molecule has 1 atom stereocenters. The Morgan fingerprint density at radius 2 is 1.93 bits per heavy atom. The molecule has 1 N–H and O–H groups in total. The Morgan fingerprint density at radius 3 is 2.29 bits per heavy atom. The van der Waals surface area contributed by atoms with Crippen molar-refractivity contribution in [1.29, 1.82) is 0 Å². The van der Waals surface area contributed by atoms with Crippen LogP contribution in [0.2, 0.25) is 0 Å². The monoisotopic (exact) mass is 206 g/mol. The van der Waals surface area contributed by atoms with E-state index < -0.39 is 17.7 Å². The molecule has 0 aromatic rings. The number of hydrogen-bond donors (Lipinski definition) is 1. The maximum Gasteiger partial charge on any atom is 0.457 e. The van der Waals surface area contributed by atoms with E-state index >= 15 is 0 Å². The minimum absolute atomic E-state index is 0.403. The lowest BCUT2D eigenvalue weighted by molar-refractivity contribution is -0.0702. The van der Waals surface area contributed by atoms with Crippen LogP contribution in [0.3, 0.4) is 0 Å². The van der Waals surface area contributed by atoms with E-state index in [1.807, 2.05) is 0 Å². The number of aliphatic hydroxyl groups is 1. The second-order valence-corrected chi connectivity index (χ2v) is 3.65. The molecule has 0 heterocycles. The SMILES string of the molecule is C=CCC(C)(C)C(O)C#CC(F)(F)F. The van der Waals surface area contributed by atoms with Gasteiger partial charge in [-0.3, -0.25) is 0 Å². The van der Waals surface area contributed by atoms with Crippen LogP contribution in [0.5, 0.6) is 0 Å². The first-order valence-electron chi connectivity index (χ1n) is 4.07. The van der Waals surface area contributed by atoms with Gasteiger partial charge >= 0.3 is 6.18 Å². The summed E-state index contributed by atoms with van der Waals surface area (Å²) in [5.41, 5.74) is -0.708. The van der Waals surface area contributed by atoms with Crippen LogP contribution in [0, 0.1) is 17.3 Å². The van der Waals surface area contributed by atoms with Gasteiger partial charge in [-0.15, -0.1) is 6.58 Å². The van der Waals surface area contributed by atoms with Crippen LogP contribution in [0.15, 0.2) is 12.7 Å². The summed E-state index contributed by atoms with van der Waals surface area (Å²) in [5.74, 6) is 2.83. The third-order valence-electron chi connectivity index (χ3n) is 1.76. The van der Waals surface area contributed by atoms with E-state index in [9.17, 15) is 18.3 Å². The van der Waals surface area contributed by atoms with Crippen LogP contribution in [0.1, 0.15) is 20.3 Å². The fraction of sp³-hybridized carbons (Fsp3) is 0.600. The van der Waals surface area contributed by atoms with Crippen LogP contribution in [-0.2, 0) is 0 Å². The minimum atomic E-state index is -4.55. The molecule has 1 nitrogen and oxygen atoms in total. The van der Waals surface area contributed by atoms with Gasteiger partial charge in [0, 0.05) is 11.3 Å². The molecule has 14 heavy (non-hydrogen) atoms. The molecular weight excluding hydrogens is 193 g/mol. The molecule has 0 amide bonds. The highest BCUT2D eigenvalue weighted by Crippen LogP contribution is 2.25. The minimum Gasteiger partial charge on any atom is -0.380 e. The zero-order valence-corrected chi connectivity index (χ0v) is 8.15. The van der Waals surface area contributed by atoms with Crippen LogP contribution >= 0.6 is 0 Å². The number of halogens is 3. The van der Waals surface area contributed by atoms with Gasteiger partial charge in [0.1, 0.15) is 6.10 Å². The molecular formula is C10H13F3O. The van der Waals surface area contributed by atoms with Crippen molar-refractivity contribution < 1.29 is 18.3 Å². The van der Waals surface area contributed by atoms with Crippen LogP contribution in [-0.4, -0.2) is 17.4 Å². The van der Waals surface area contributed by atoms with Crippen LogP contribution in [0.4, 0.5) is 13.2 Å². The van der Waals surface area contributed by atoms with Gasteiger partial charge in [-0.05, 0) is 6.42 Å². The van der Waals surface area contributed by atoms with E-state index in [1.54, 1.807) is 25.8 Å². The first-order valence-corrected chi connectivity index (χ1v) is 4.07. The maximum absolute atomic E-state index is 11.7. The van der Waals surface area contributed by atoms with Crippen LogP contribution in [0.25, 0.3) is 0 Å². The molecule has 0 aromatic heterocycles. The maximum atomic E-state index is 11.7. The Balaban J connectivity index is 4.52. The fourth-order valence-electron chi connectivity index (χ4n) is 0.829. The number of hydrogen-bond acceptors (Lipinski definition) is 1. The highest BCUT2D eigenvalue weighted by atomic mass is 19.4. The molecule has 0 aliphatic heterocycles. The average Bonchev–Trinajstić information content (AvgIpc) is 1.98. The summed E-state index contributed by atoms with van der Waals surface area (Å²) in [6.07, 6.45) is -3.91. The molecule has 0 fully saturated rings. The zero-order valence-electron chi connectivity index (χ0n) is 8.15. The summed E-state index contributed by atoms with van der Waals surface area (Å²) >= 11 is 0. The Morgan fingerprint density at radius 1 is 1.43 bits per heavy atom. The molecule has 0 aromatic carbocycles. The third-order valence-corrected chi connectivity index (χ3v) is 1.76. The van der Waals surface area contributed by atoms with Gasteiger partial charge in [-0.1, -0.05) is 25.8 Å². The zero-order chi connectivity index (χ0) is 11.4. The third kappa shape index (κ3) is 4.93. The molecule has 0 aliphatic rings. The van der Waals surface area contributed by atoms with Crippen molar-refractivity contribution in [3.05, 3.63) is 12.7 Å². The lowest BCUT2D eigenvalue weighted by atomic mass is 9.83. The Bertz CT molecular complexity index is 255. The quantitative estimate of drug-likeness (QED) is 0.555. The smallest absolute Gasteiger partial charge is 0.380 e. The van der Waals surface area contributed by atoms with E-state index in [0.29, 0.717) is 6.42 Å². The van der Waals surface area contributed by atoms with Crippen molar-refractivity contribution in [3.63, 3.8) is 0 Å². The topological polar surface area (TPSA) is 20.2 Å². The molecule has 0 saturated heterocycles. The number of alkyl halides is 3. The average molecular weight is 206 g/mol. The Labute approximate surface area is 81.6 Å². The summed E-state index contributed by atoms with van der Waals surface area (Å²) in [6, 6.07) is 0. The highest BCUT2D eigenvalue weighted by Gasteiger charge is 2.27. The van der Waals surface area contributed by atoms with Gasteiger partial charge in [-0.2, -0.15) is 13.2 Å². The van der Waals surface area contributed by atoms with E-state index in [0.717, 1.165) is 5.92 Å². The second kappa shape index (κ2) is 4.52. The van der Waals surface area contributed by atoms with E-state index in [4.69, 9.17) is 0 Å². The van der Waals surface area contributed by atoms with Gasteiger partial charge in [0.25, 0.3) is 0 Å². The summed E-state index contributed by atoms with van der Waals surface area (Å²) in [7, 11) is 0. The van der Waals surface area contributed by atoms with Crippen molar-refractivity contribution in [2.24, 2.45) is 5.41 Å². The van der Waals surface area contributed by atoms with E-state index in [-0.39, 0.29) is 0 Å². The van der Waals surface area contributed by atoms with Crippen molar-refractivity contribution >= 4 is 0 Å². The van der Waals surface area contributed by atoms with Crippen molar-refractivity contribution in [2.75, 3.05) is 0 Å². The number of aliphatic hydroxyl groups excluding tert-OH is 1. The molecule has 1 unspecified atom stereocenters. The van der Waals surface area contributed by atoms with Crippen LogP contribution < -0.4 is 0 Å². The van der Waals surface area contributed by atoms with Crippen molar-refractivity contribution in [3.8, 4) is 11.8 Å². The first kappa shape index (κ1) is 13.1. The van der Waals surface area contributed by atoms with Gasteiger partial charge in [-0.25, -0.2) is 0 Å². The second-order valence-electron chi connectivity index (χ2n) is 3.65. The van der Waals surface area contributed by atoms with Crippen molar-refractivity contribution in [2.45, 2.75) is 32.5 Å². The van der Waals surface area contributed by atoms with Gasteiger partial charge in [0.2, 0.25) is 0 Å². The molecule has 0 radical (unpaired) electrons. The first-order chi connectivity index (χ1) is 6.19. The predicted molar refractivity (Wildman–Crippen MR) is 48.4 cm³/mol. The number of allylic oxidation sites excluding steroid dienone is 1. The summed E-state index contributed by atoms with van der Waals surface area (Å²) in [5, 5.41) is 9.35. The normalized spacial score (nSPS) is 14.1. The molecule has 0 bridgehead atoms. The summed E-state index contributed by atoms with van der Waals surface area (Å²) < 4.78 is 35.1. The summed E-state index contributed by atoms with van der Waals surface area (Å²) in [6.45, 7) is 6.71. The Kier molecular flexibility index (Phi) is 4.21. The fourth-order valence-corrected chi connectivity index (χ4v) is 0.829. The lowest BCUT2D eigenvalue weighted by Crippen LogP contribution is -2.27. The molecule has 80 valence electrons. The molecule has 0 saturated carbocycles. The predicted octanol–water partition coefficient (Wildman–Crippen LogP) is 2.52. The van der Waals surface area contributed by atoms with E-state index in [2.05, 4.69) is 6.58 Å². The van der Waals surface area contributed by atoms with Gasteiger partial charge in [0.05, 0.1) is 0 Å². The Hall–Kier alpha value is -0.950. The highest BCUT2D eigenvalue weighted by molar-refractivity contribution is 5.13. The van der Waals surface area contributed by atoms with Gasteiger partial charge < -0.3 is 5.11 Å². The lowest BCUT2D eigenvalue weighted by Gasteiger charge is -2.25. The molecule has 4 heteroatoms. The largest absolute Gasteiger partial charge is 0.457 e. The number of rotatable bonds is 3. The molecule has 0 aliphatic carbocycles. The van der Waals surface area contributed by atoms with E-state index in [1.165, 1.54) is 0 Å². The standard InChI is InChI=1S/C10H13F3O/c1-4-6-9(2,3)8(14)5-7-10(11,12)13/h4,8,14H,1,6H2,2-3H3. The summed E-state index contributed by atoms with van der Waals surface area (Å²) in [4.78, 5) is 0.